The van der Waals surface area contributed by atoms with Crippen LogP contribution < -0.4 is 5.73 Å². The average Bonchev–Trinajstić information content (AvgIpc) is 2.12. The molecule has 1 aromatic rings. The van der Waals surface area contributed by atoms with E-state index in [-0.39, 0.29) is 11.8 Å². The summed E-state index contributed by atoms with van der Waals surface area (Å²) in [5.74, 6) is -0.563. The molecule has 14 heavy (non-hydrogen) atoms. The minimum Gasteiger partial charge on any atom is -0.369 e. The molecule has 0 saturated carbocycles. The van der Waals surface area contributed by atoms with Crippen LogP contribution in [0.3, 0.4) is 0 Å². The molecule has 2 N–H and O–H groups in total. The van der Waals surface area contributed by atoms with Crippen LogP contribution in [0.4, 0.5) is 0 Å². The van der Waals surface area contributed by atoms with E-state index in [1.165, 1.54) is 0 Å². The van der Waals surface area contributed by atoms with E-state index in [4.69, 9.17) is 28.9 Å². The van der Waals surface area contributed by atoms with E-state index in [0.29, 0.717) is 16.5 Å². The molecule has 0 aliphatic rings. The van der Waals surface area contributed by atoms with E-state index in [2.05, 4.69) is 0 Å². The number of halogens is 2. The summed E-state index contributed by atoms with van der Waals surface area (Å²) in [6.07, 6.45) is 0.523. The normalized spacial score (nSPS) is 12.5. The second-order valence-corrected chi connectivity index (χ2v) is 4.01. The van der Waals surface area contributed by atoms with Crippen molar-refractivity contribution in [1.29, 1.82) is 0 Å². The summed E-state index contributed by atoms with van der Waals surface area (Å²) in [5, 5.41) is 1.00. The molecule has 0 aliphatic heterocycles. The third-order valence-corrected chi connectivity index (χ3v) is 2.90. The fraction of sp³-hybridized carbons (Fsp3) is 0.300. The Bertz CT molecular complexity index is 352. The second kappa shape index (κ2) is 4.67. The van der Waals surface area contributed by atoms with E-state index < -0.39 is 0 Å². The molecular formula is C10H11Cl2NO. The Morgan fingerprint density at radius 1 is 1.50 bits per heavy atom. The number of nitrogens with two attached hydrogens (primary N) is 1. The van der Waals surface area contributed by atoms with Gasteiger partial charge in [0.1, 0.15) is 0 Å². The molecule has 2 nitrogen and oxygen atoms in total. The molecule has 0 saturated heterocycles. The Morgan fingerprint density at radius 2 is 2.14 bits per heavy atom. The molecule has 1 unspecified atom stereocenters. The van der Waals surface area contributed by atoms with E-state index in [1.807, 2.05) is 6.07 Å². The minimum atomic E-state index is -0.332. The minimum absolute atomic E-state index is 0.231. The molecule has 76 valence electrons. The van der Waals surface area contributed by atoms with Crippen LogP contribution in [-0.2, 0) is 11.2 Å². The number of rotatable bonds is 3. The lowest BCUT2D eigenvalue weighted by atomic mass is 10.0. The number of hydrogen-bond acceptors (Lipinski definition) is 1. The number of carbonyl (C=O) groups excluding carboxylic acids is 1. The van der Waals surface area contributed by atoms with Gasteiger partial charge < -0.3 is 5.73 Å². The summed E-state index contributed by atoms with van der Waals surface area (Å²) < 4.78 is 0. The molecule has 0 bridgehead atoms. The Morgan fingerprint density at radius 3 is 2.71 bits per heavy atom. The maximum absolute atomic E-state index is 10.8. The van der Waals surface area contributed by atoms with Crippen LogP contribution in [-0.4, -0.2) is 5.91 Å². The first-order chi connectivity index (χ1) is 6.52. The molecular weight excluding hydrogens is 221 g/mol. The third-order valence-electron chi connectivity index (χ3n) is 2.04. The molecule has 1 amide bonds. The van der Waals surface area contributed by atoms with Crippen LogP contribution >= 0.6 is 23.2 Å². The fourth-order valence-electron chi connectivity index (χ4n) is 1.14. The summed E-state index contributed by atoms with van der Waals surface area (Å²) in [6.45, 7) is 1.76. The van der Waals surface area contributed by atoms with Crippen LogP contribution in [0.1, 0.15) is 12.5 Å². The molecule has 1 rings (SSSR count). The zero-order valence-electron chi connectivity index (χ0n) is 7.76. The van der Waals surface area contributed by atoms with Gasteiger partial charge in [-0.3, -0.25) is 4.79 Å². The quantitative estimate of drug-likeness (QED) is 0.855. The van der Waals surface area contributed by atoms with Gasteiger partial charge in [-0.2, -0.15) is 0 Å². The molecule has 0 aliphatic carbocycles. The van der Waals surface area contributed by atoms with Gasteiger partial charge >= 0.3 is 0 Å². The van der Waals surface area contributed by atoms with E-state index >= 15 is 0 Å². The van der Waals surface area contributed by atoms with Crippen LogP contribution in [0.15, 0.2) is 18.2 Å². The summed E-state index contributed by atoms with van der Waals surface area (Å²) in [5.41, 5.74) is 6.01. The average molecular weight is 232 g/mol. The van der Waals surface area contributed by atoms with Crippen molar-refractivity contribution in [2.75, 3.05) is 0 Å². The maximum Gasteiger partial charge on any atom is 0.220 e. The number of benzene rings is 1. The van der Waals surface area contributed by atoms with Crippen molar-refractivity contribution in [3.63, 3.8) is 0 Å². The molecule has 0 radical (unpaired) electrons. The fourth-order valence-corrected chi connectivity index (χ4v) is 1.53. The van der Waals surface area contributed by atoms with Crippen LogP contribution in [0.25, 0.3) is 0 Å². The van der Waals surface area contributed by atoms with Crippen molar-refractivity contribution in [2.45, 2.75) is 13.3 Å². The highest BCUT2D eigenvalue weighted by Crippen LogP contribution is 2.27. The zero-order valence-corrected chi connectivity index (χ0v) is 9.27. The second-order valence-electron chi connectivity index (χ2n) is 3.22. The largest absolute Gasteiger partial charge is 0.369 e. The first-order valence-corrected chi connectivity index (χ1v) is 5.00. The standard InChI is InChI=1S/C10H11Cl2NO/c1-6(10(13)14)5-7-3-2-4-8(11)9(7)12/h2-4,6H,5H2,1H3,(H2,13,14). The summed E-state index contributed by atoms with van der Waals surface area (Å²) in [7, 11) is 0. The van der Waals surface area contributed by atoms with Crippen molar-refractivity contribution in [3.05, 3.63) is 33.8 Å². The lowest BCUT2D eigenvalue weighted by Crippen LogP contribution is -2.22. The molecule has 0 heterocycles. The number of hydrogen-bond donors (Lipinski definition) is 1. The van der Waals surface area contributed by atoms with Crippen LogP contribution in [0.2, 0.25) is 10.0 Å². The van der Waals surface area contributed by atoms with Crippen molar-refractivity contribution < 1.29 is 4.79 Å². The van der Waals surface area contributed by atoms with Gasteiger partial charge in [-0.1, -0.05) is 42.3 Å². The molecule has 0 fully saturated rings. The van der Waals surface area contributed by atoms with Crippen LogP contribution in [0, 0.1) is 5.92 Å². The van der Waals surface area contributed by atoms with Gasteiger partial charge in [-0.15, -0.1) is 0 Å². The van der Waals surface area contributed by atoms with Crippen LogP contribution in [0.5, 0.6) is 0 Å². The van der Waals surface area contributed by atoms with Crippen molar-refractivity contribution in [1.82, 2.24) is 0 Å². The summed E-state index contributed by atoms with van der Waals surface area (Å²) in [6, 6.07) is 5.35. The molecule has 0 spiro atoms. The number of carbonyl (C=O) groups is 1. The van der Waals surface area contributed by atoms with E-state index in [9.17, 15) is 4.79 Å². The summed E-state index contributed by atoms with van der Waals surface area (Å²) in [4.78, 5) is 10.8. The van der Waals surface area contributed by atoms with Gasteiger partial charge in [0.05, 0.1) is 10.0 Å². The van der Waals surface area contributed by atoms with Crippen molar-refractivity contribution in [3.8, 4) is 0 Å². The molecule has 0 aromatic heterocycles. The van der Waals surface area contributed by atoms with Gasteiger partial charge in [0.25, 0.3) is 0 Å². The molecule has 1 atom stereocenters. The SMILES string of the molecule is CC(Cc1cccc(Cl)c1Cl)C(N)=O. The zero-order chi connectivity index (χ0) is 10.7. The Hall–Kier alpha value is -0.730. The molecule has 1 aromatic carbocycles. The van der Waals surface area contributed by atoms with Gasteiger partial charge in [-0.25, -0.2) is 0 Å². The van der Waals surface area contributed by atoms with E-state index in [0.717, 1.165) is 5.56 Å². The smallest absolute Gasteiger partial charge is 0.220 e. The Kier molecular flexibility index (Phi) is 3.78. The highest BCUT2D eigenvalue weighted by molar-refractivity contribution is 6.42. The molecule has 4 heteroatoms. The third kappa shape index (κ3) is 2.63. The van der Waals surface area contributed by atoms with Crippen molar-refractivity contribution >= 4 is 29.1 Å². The lowest BCUT2D eigenvalue weighted by Gasteiger charge is -2.09. The topological polar surface area (TPSA) is 43.1 Å². The first kappa shape index (κ1) is 11.3. The monoisotopic (exact) mass is 231 g/mol. The predicted octanol–water partition coefficient (Wildman–Crippen LogP) is 2.66. The number of primary amides is 1. The van der Waals surface area contributed by atoms with Gasteiger partial charge in [-0.05, 0) is 18.1 Å². The first-order valence-electron chi connectivity index (χ1n) is 4.24. The Balaban J connectivity index is 2.87. The predicted molar refractivity (Wildman–Crippen MR) is 58.5 cm³/mol. The number of amides is 1. The van der Waals surface area contributed by atoms with E-state index in [1.54, 1.807) is 19.1 Å². The Labute approximate surface area is 93.0 Å². The van der Waals surface area contributed by atoms with Gasteiger partial charge in [0.15, 0.2) is 0 Å². The van der Waals surface area contributed by atoms with Gasteiger partial charge in [0, 0.05) is 5.92 Å². The lowest BCUT2D eigenvalue weighted by molar-refractivity contribution is -0.121. The van der Waals surface area contributed by atoms with Crippen molar-refractivity contribution in [2.24, 2.45) is 11.7 Å². The maximum atomic E-state index is 10.8. The highest BCUT2D eigenvalue weighted by atomic mass is 35.5. The summed E-state index contributed by atoms with van der Waals surface area (Å²) >= 11 is 11.8. The highest BCUT2D eigenvalue weighted by Gasteiger charge is 2.12. The van der Waals surface area contributed by atoms with Gasteiger partial charge in [0.2, 0.25) is 5.91 Å².